The highest BCUT2D eigenvalue weighted by atomic mass is 35.5. The molecule has 15 heavy (non-hydrogen) atoms. The van der Waals surface area contributed by atoms with E-state index in [2.05, 4.69) is 13.8 Å². The first kappa shape index (κ1) is 9.52. The fourth-order valence-corrected chi connectivity index (χ4v) is 6.39. The van der Waals surface area contributed by atoms with Crippen LogP contribution >= 0.6 is 23.2 Å². The SMILES string of the molecule is CC1(C)C2CCC13CCN1OC13C2(Cl)Cl. The second-order valence-electron chi connectivity index (χ2n) is 6.11. The van der Waals surface area contributed by atoms with Gasteiger partial charge in [0, 0.05) is 17.9 Å². The summed E-state index contributed by atoms with van der Waals surface area (Å²) in [6.45, 7) is 5.64. The zero-order chi connectivity index (χ0) is 10.7. The molecule has 0 aromatic heterocycles. The molecule has 2 nitrogen and oxygen atoms in total. The Morgan fingerprint density at radius 3 is 2.60 bits per heavy atom. The van der Waals surface area contributed by atoms with E-state index < -0.39 is 4.33 Å². The average Bonchev–Trinajstić information content (AvgIpc) is 2.66. The third-order valence-corrected chi connectivity index (χ3v) is 6.84. The fourth-order valence-electron chi connectivity index (χ4n) is 5.01. The molecule has 2 saturated carbocycles. The zero-order valence-corrected chi connectivity index (χ0v) is 10.5. The number of hydrogen-bond acceptors (Lipinski definition) is 2. The molecule has 0 amide bonds. The van der Waals surface area contributed by atoms with E-state index in [-0.39, 0.29) is 16.6 Å². The average molecular weight is 248 g/mol. The van der Waals surface area contributed by atoms with E-state index in [0.717, 1.165) is 13.0 Å². The predicted octanol–water partition coefficient (Wildman–Crippen LogP) is 2.94. The Morgan fingerprint density at radius 1 is 1.27 bits per heavy atom. The van der Waals surface area contributed by atoms with E-state index in [1.807, 2.05) is 5.06 Å². The maximum Gasteiger partial charge on any atom is 0.203 e. The van der Waals surface area contributed by atoms with Crippen molar-refractivity contribution in [2.45, 2.75) is 43.2 Å². The van der Waals surface area contributed by atoms with Crippen LogP contribution in [0.2, 0.25) is 0 Å². The lowest BCUT2D eigenvalue weighted by Crippen LogP contribution is -2.46. The third kappa shape index (κ3) is 0.619. The summed E-state index contributed by atoms with van der Waals surface area (Å²) in [6.07, 6.45) is 3.57. The fraction of sp³-hybridized carbons (Fsp3) is 1.00. The molecule has 0 aromatic carbocycles. The molecule has 4 aliphatic rings. The van der Waals surface area contributed by atoms with Gasteiger partial charge in [-0.15, -0.1) is 5.06 Å². The van der Waals surface area contributed by atoms with Crippen LogP contribution < -0.4 is 0 Å². The minimum atomic E-state index is -0.703. The van der Waals surface area contributed by atoms with Crippen LogP contribution in [0.15, 0.2) is 0 Å². The summed E-state index contributed by atoms with van der Waals surface area (Å²) in [5.74, 6) is 0.374. The first-order valence-electron chi connectivity index (χ1n) is 5.75. The van der Waals surface area contributed by atoms with Gasteiger partial charge in [-0.25, -0.2) is 0 Å². The molecule has 4 heteroatoms. The highest BCUT2D eigenvalue weighted by Crippen LogP contribution is 2.85. The molecule has 0 radical (unpaired) electrons. The van der Waals surface area contributed by atoms with Crippen LogP contribution in [-0.4, -0.2) is 21.7 Å². The van der Waals surface area contributed by atoms with Gasteiger partial charge in [0.25, 0.3) is 0 Å². The Balaban J connectivity index is 2.00. The second kappa shape index (κ2) is 2.10. The Labute approximate surface area is 99.8 Å². The predicted molar refractivity (Wildman–Crippen MR) is 58.5 cm³/mol. The minimum Gasteiger partial charge on any atom is -0.268 e. The van der Waals surface area contributed by atoms with Gasteiger partial charge < -0.3 is 0 Å². The van der Waals surface area contributed by atoms with Crippen molar-refractivity contribution in [2.75, 3.05) is 6.54 Å². The molecule has 4 atom stereocenters. The van der Waals surface area contributed by atoms with E-state index in [9.17, 15) is 0 Å². The number of fused-ring (bicyclic) bond motifs is 1. The van der Waals surface area contributed by atoms with Gasteiger partial charge in [0.15, 0.2) is 4.33 Å². The molecule has 2 bridgehead atoms. The van der Waals surface area contributed by atoms with Crippen molar-refractivity contribution in [2.24, 2.45) is 16.7 Å². The van der Waals surface area contributed by atoms with Crippen LogP contribution in [-0.2, 0) is 4.84 Å². The van der Waals surface area contributed by atoms with Gasteiger partial charge in [0.2, 0.25) is 5.72 Å². The molecule has 2 heterocycles. The maximum atomic E-state index is 6.63. The monoisotopic (exact) mass is 247 g/mol. The van der Waals surface area contributed by atoms with Crippen molar-refractivity contribution >= 4 is 23.2 Å². The molecular formula is C11H15Cl2NO. The van der Waals surface area contributed by atoms with E-state index in [4.69, 9.17) is 28.0 Å². The summed E-state index contributed by atoms with van der Waals surface area (Å²) in [5.41, 5.74) is 0.0748. The number of hydroxylamine groups is 2. The third-order valence-electron chi connectivity index (χ3n) is 5.81. The van der Waals surface area contributed by atoms with Gasteiger partial charge in [0.05, 0.1) is 0 Å². The lowest BCUT2D eigenvalue weighted by Gasteiger charge is -2.37. The topological polar surface area (TPSA) is 15.5 Å². The first-order valence-corrected chi connectivity index (χ1v) is 6.50. The number of hydrogen-bond donors (Lipinski definition) is 0. The molecule has 84 valence electrons. The van der Waals surface area contributed by atoms with Gasteiger partial charge in [0.1, 0.15) is 0 Å². The Kier molecular flexibility index (Phi) is 1.33. The van der Waals surface area contributed by atoms with Crippen LogP contribution in [0, 0.1) is 16.7 Å². The maximum absolute atomic E-state index is 6.63. The second-order valence-corrected chi connectivity index (χ2v) is 7.49. The van der Waals surface area contributed by atoms with Crippen LogP contribution in [0.4, 0.5) is 0 Å². The molecule has 2 saturated heterocycles. The van der Waals surface area contributed by atoms with Gasteiger partial charge in [-0.1, -0.05) is 37.0 Å². The molecule has 2 aliphatic carbocycles. The normalized spacial score (nSPS) is 61.6. The largest absolute Gasteiger partial charge is 0.268 e. The summed E-state index contributed by atoms with van der Waals surface area (Å²) >= 11 is 13.3. The van der Waals surface area contributed by atoms with E-state index in [0.29, 0.717) is 5.92 Å². The van der Waals surface area contributed by atoms with E-state index in [1.165, 1.54) is 12.8 Å². The Morgan fingerprint density at radius 2 is 2.00 bits per heavy atom. The van der Waals surface area contributed by atoms with Crippen LogP contribution in [0.3, 0.4) is 0 Å². The molecule has 2 aliphatic heterocycles. The Hall–Kier alpha value is 0.500. The van der Waals surface area contributed by atoms with Gasteiger partial charge in [-0.2, -0.15) is 0 Å². The smallest absolute Gasteiger partial charge is 0.203 e. The van der Waals surface area contributed by atoms with Gasteiger partial charge in [-0.3, -0.25) is 4.84 Å². The van der Waals surface area contributed by atoms with Crippen molar-refractivity contribution in [3.63, 3.8) is 0 Å². The minimum absolute atomic E-state index is 0.203. The van der Waals surface area contributed by atoms with Crippen molar-refractivity contribution in [1.82, 2.24) is 5.06 Å². The Bertz CT molecular complexity index is 358. The molecule has 0 N–H and O–H groups in total. The molecule has 0 aromatic rings. The number of alkyl halides is 2. The van der Waals surface area contributed by atoms with Crippen LogP contribution in [0.1, 0.15) is 33.1 Å². The van der Waals surface area contributed by atoms with E-state index in [1.54, 1.807) is 0 Å². The number of rotatable bonds is 0. The molecule has 4 unspecified atom stereocenters. The summed E-state index contributed by atoms with van der Waals surface area (Å²) in [4.78, 5) is 5.81. The first-order chi connectivity index (χ1) is 6.90. The molecular weight excluding hydrogens is 233 g/mol. The summed E-state index contributed by atoms with van der Waals surface area (Å²) in [5, 5.41) is 2.04. The van der Waals surface area contributed by atoms with Crippen molar-refractivity contribution in [3.8, 4) is 0 Å². The van der Waals surface area contributed by atoms with Crippen molar-refractivity contribution < 1.29 is 4.84 Å². The highest BCUT2D eigenvalue weighted by Gasteiger charge is 2.93. The number of nitrogens with zero attached hydrogens (tertiary/aromatic N) is 1. The summed E-state index contributed by atoms with van der Waals surface area (Å²) in [6, 6.07) is 0. The summed E-state index contributed by atoms with van der Waals surface area (Å²) in [7, 11) is 0. The number of halogens is 2. The molecule has 4 rings (SSSR count). The van der Waals surface area contributed by atoms with Crippen molar-refractivity contribution in [3.05, 3.63) is 0 Å². The van der Waals surface area contributed by atoms with Gasteiger partial charge >= 0.3 is 0 Å². The van der Waals surface area contributed by atoms with E-state index >= 15 is 0 Å². The molecule has 2 spiro atoms. The zero-order valence-electron chi connectivity index (χ0n) is 9.02. The molecule has 4 fully saturated rings. The quantitative estimate of drug-likeness (QED) is 0.483. The van der Waals surface area contributed by atoms with Crippen LogP contribution in [0.25, 0.3) is 0 Å². The van der Waals surface area contributed by atoms with Crippen LogP contribution in [0.5, 0.6) is 0 Å². The van der Waals surface area contributed by atoms with Crippen molar-refractivity contribution in [1.29, 1.82) is 0 Å². The standard InChI is InChI=1S/C11H15Cl2NO/c1-8(2)7-3-4-9(8)5-6-14-11(9,15-14)10(7,12)13/h7H,3-6H2,1-2H3. The highest BCUT2D eigenvalue weighted by molar-refractivity contribution is 6.50. The lowest BCUT2D eigenvalue weighted by molar-refractivity contribution is 0.0321. The summed E-state index contributed by atoms with van der Waals surface area (Å²) < 4.78 is -0.703. The van der Waals surface area contributed by atoms with Gasteiger partial charge in [-0.05, 0) is 24.7 Å². The lowest BCUT2D eigenvalue weighted by atomic mass is 9.66.